The first kappa shape index (κ1) is 13.3. The molecule has 0 amide bonds. The van der Waals surface area contributed by atoms with E-state index in [0.717, 1.165) is 0 Å². The molecular weight excluding hydrogens is 264 g/mol. The van der Waals surface area contributed by atoms with Crippen molar-refractivity contribution in [3.63, 3.8) is 0 Å². The fourth-order valence-electron chi connectivity index (χ4n) is 3.67. The summed E-state index contributed by atoms with van der Waals surface area (Å²) in [5, 5.41) is 0. The molecule has 0 spiro atoms. The molecule has 0 heteroatoms. The number of hydrogen-bond acceptors (Lipinski definition) is 0. The highest BCUT2D eigenvalue weighted by atomic mass is 14.3. The Morgan fingerprint density at radius 3 is 2.36 bits per heavy atom. The summed E-state index contributed by atoms with van der Waals surface area (Å²) >= 11 is 0. The first-order valence-electron chi connectivity index (χ1n) is 8.15. The maximum atomic E-state index is 2.38. The minimum atomic E-state index is 0.550. The van der Waals surface area contributed by atoms with Crippen molar-refractivity contribution in [3.05, 3.63) is 95.6 Å². The zero-order chi connectivity index (χ0) is 14.8. The first-order chi connectivity index (χ1) is 10.9. The average Bonchev–Trinajstić information content (AvgIpc) is 2.62. The summed E-state index contributed by atoms with van der Waals surface area (Å²) < 4.78 is 0. The Balaban J connectivity index is 1.76. The molecule has 3 aromatic rings. The van der Waals surface area contributed by atoms with E-state index in [1.807, 2.05) is 0 Å². The Hall–Kier alpha value is -2.34. The van der Waals surface area contributed by atoms with Gasteiger partial charge in [-0.25, -0.2) is 0 Å². The third-order valence-electron chi connectivity index (χ3n) is 4.77. The summed E-state index contributed by atoms with van der Waals surface area (Å²) in [6.07, 6.45) is 3.78. The van der Waals surface area contributed by atoms with Gasteiger partial charge in [0.1, 0.15) is 0 Å². The smallest absolute Gasteiger partial charge is 0.00924 e. The van der Waals surface area contributed by atoms with E-state index in [4.69, 9.17) is 0 Å². The van der Waals surface area contributed by atoms with Gasteiger partial charge >= 0.3 is 0 Å². The summed E-state index contributed by atoms with van der Waals surface area (Å²) in [4.78, 5) is 0. The molecule has 4 rings (SSSR count). The molecule has 0 bridgehead atoms. The first-order valence-corrected chi connectivity index (χ1v) is 8.15. The summed E-state index contributed by atoms with van der Waals surface area (Å²) in [7, 11) is 0. The minimum absolute atomic E-state index is 0.550. The van der Waals surface area contributed by atoms with Crippen molar-refractivity contribution in [2.75, 3.05) is 0 Å². The van der Waals surface area contributed by atoms with Gasteiger partial charge in [-0.2, -0.15) is 0 Å². The van der Waals surface area contributed by atoms with Crippen LogP contribution in [0.3, 0.4) is 0 Å². The van der Waals surface area contributed by atoms with Crippen LogP contribution in [-0.2, 0) is 6.42 Å². The van der Waals surface area contributed by atoms with Crippen LogP contribution in [0.25, 0.3) is 11.1 Å². The summed E-state index contributed by atoms with van der Waals surface area (Å²) in [5.74, 6) is 0.550. The predicted molar refractivity (Wildman–Crippen MR) is 93.1 cm³/mol. The molecule has 0 fully saturated rings. The highest BCUT2D eigenvalue weighted by molar-refractivity contribution is 5.64. The van der Waals surface area contributed by atoms with Crippen molar-refractivity contribution < 1.29 is 0 Å². The van der Waals surface area contributed by atoms with Gasteiger partial charge in [0.15, 0.2) is 0 Å². The molecule has 1 unspecified atom stereocenters. The standard InChI is InChI=1S/C22H20/c1-2-8-17(9-3-1)19-12-6-13-20(16-19)22-15-7-11-18-10-4-5-14-21(18)22/h1-6,8-10,12-14,16,22H,7,11,15H2. The normalized spacial score (nSPS) is 17.0. The lowest BCUT2D eigenvalue weighted by Gasteiger charge is -2.26. The molecule has 0 heterocycles. The van der Waals surface area contributed by atoms with Crippen molar-refractivity contribution in [1.29, 1.82) is 0 Å². The monoisotopic (exact) mass is 284 g/mol. The third kappa shape index (κ3) is 2.46. The van der Waals surface area contributed by atoms with Gasteiger partial charge < -0.3 is 0 Å². The van der Waals surface area contributed by atoms with Gasteiger partial charge in [0.25, 0.3) is 0 Å². The lowest BCUT2D eigenvalue weighted by molar-refractivity contribution is 0.616. The maximum Gasteiger partial charge on any atom is 0.00924 e. The minimum Gasteiger partial charge on any atom is -0.0622 e. The average molecular weight is 284 g/mol. The number of rotatable bonds is 2. The molecule has 0 nitrogen and oxygen atoms in total. The highest BCUT2D eigenvalue weighted by Gasteiger charge is 2.21. The molecular formula is C22H20. The van der Waals surface area contributed by atoms with Crippen molar-refractivity contribution >= 4 is 0 Å². The van der Waals surface area contributed by atoms with Crippen LogP contribution in [0.4, 0.5) is 0 Å². The number of aryl methyl sites for hydroxylation is 1. The van der Waals surface area contributed by atoms with E-state index >= 15 is 0 Å². The van der Waals surface area contributed by atoms with Crippen LogP contribution in [0.15, 0.2) is 78.9 Å². The Morgan fingerprint density at radius 1 is 0.682 bits per heavy atom. The molecule has 0 saturated carbocycles. The van der Waals surface area contributed by atoms with Gasteiger partial charge in [0.05, 0.1) is 0 Å². The fourth-order valence-corrected chi connectivity index (χ4v) is 3.67. The molecule has 22 heavy (non-hydrogen) atoms. The quantitative estimate of drug-likeness (QED) is 0.556. The van der Waals surface area contributed by atoms with Crippen molar-refractivity contribution in [2.45, 2.75) is 25.2 Å². The van der Waals surface area contributed by atoms with Gasteiger partial charge in [-0.15, -0.1) is 0 Å². The third-order valence-corrected chi connectivity index (χ3v) is 4.77. The zero-order valence-electron chi connectivity index (χ0n) is 12.7. The van der Waals surface area contributed by atoms with Crippen molar-refractivity contribution in [2.24, 2.45) is 0 Å². The second-order valence-electron chi connectivity index (χ2n) is 6.14. The topological polar surface area (TPSA) is 0 Å². The van der Waals surface area contributed by atoms with Crippen molar-refractivity contribution in [1.82, 2.24) is 0 Å². The Labute approximate surface area is 132 Å². The number of fused-ring (bicyclic) bond motifs is 1. The van der Waals surface area contributed by atoms with Gasteiger partial charge in [-0.3, -0.25) is 0 Å². The Kier molecular flexibility index (Phi) is 3.52. The largest absolute Gasteiger partial charge is 0.0622 e. The number of benzene rings is 3. The van der Waals surface area contributed by atoms with E-state index < -0.39 is 0 Å². The van der Waals surface area contributed by atoms with Gasteiger partial charge in [0.2, 0.25) is 0 Å². The lowest BCUT2D eigenvalue weighted by atomic mass is 9.78. The van der Waals surface area contributed by atoms with Crippen LogP contribution in [-0.4, -0.2) is 0 Å². The van der Waals surface area contributed by atoms with Gasteiger partial charge in [0, 0.05) is 5.92 Å². The molecule has 1 aliphatic rings. The van der Waals surface area contributed by atoms with Crippen LogP contribution in [0.1, 0.15) is 35.4 Å². The molecule has 0 aliphatic heterocycles. The van der Waals surface area contributed by atoms with Crippen LogP contribution in [0, 0.1) is 0 Å². The molecule has 0 saturated heterocycles. The molecule has 3 aromatic carbocycles. The van der Waals surface area contributed by atoms with Crippen LogP contribution >= 0.6 is 0 Å². The second kappa shape index (κ2) is 5.81. The fraction of sp³-hybridized carbons (Fsp3) is 0.182. The van der Waals surface area contributed by atoms with E-state index in [-0.39, 0.29) is 0 Å². The van der Waals surface area contributed by atoms with Crippen molar-refractivity contribution in [3.8, 4) is 11.1 Å². The zero-order valence-corrected chi connectivity index (χ0v) is 12.7. The molecule has 0 N–H and O–H groups in total. The van der Waals surface area contributed by atoms with Gasteiger partial charge in [-0.1, -0.05) is 78.9 Å². The van der Waals surface area contributed by atoms with Crippen LogP contribution in [0.5, 0.6) is 0 Å². The highest BCUT2D eigenvalue weighted by Crippen LogP contribution is 2.37. The lowest BCUT2D eigenvalue weighted by Crippen LogP contribution is -2.10. The summed E-state index contributed by atoms with van der Waals surface area (Å²) in [6, 6.07) is 28.7. The maximum absolute atomic E-state index is 2.38. The van der Waals surface area contributed by atoms with E-state index in [2.05, 4.69) is 78.9 Å². The van der Waals surface area contributed by atoms with E-state index in [1.54, 1.807) is 0 Å². The SMILES string of the molecule is c1ccc(-c2cccc(C3CCCc4ccccc43)c2)cc1. The summed E-state index contributed by atoms with van der Waals surface area (Å²) in [5.41, 5.74) is 7.13. The van der Waals surface area contributed by atoms with Crippen LogP contribution < -0.4 is 0 Å². The van der Waals surface area contributed by atoms with Crippen LogP contribution in [0.2, 0.25) is 0 Å². The molecule has 0 radical (unpaired) electrons. The van der Waals surface area contributed by atoms with E-state index in [9.17, 15) is 0 Å². The number of hydrogen-bond donors (Lipinski definition) is 0. The predicted octanol–water partition coefficient (Wildman–Crippen LogP) is 5.82. The molecule has 108 valence electrons. The molecule has 1 aliphatic carbocycles. The second-order valence-corrected chi connectivity index (χ2v) is 6.14. The van der Waals surface area contributed by atoms with E-state index in [0.29, 0.717) is 5.92 Å². The Morgan fingerprint density at radius 2 is 1.45 bits per heavy atom. The van der Waals surface area contributed by atoms with Gasteiger partial charge in [-0.05, 0) is 47.1 Å². The van der Waals surface area contributed by atoms with E-state index in [1.165, 1.54) is 47.1 Å². The summed E-state index contributed by atoms with van der Waals surface area (Å²) in [6.45, 7) is 0. The Bertz CT molecular complexity index is 771. The molecule has 0 aromatic heterocycles. The molecule has 1 atom stereocenters.